The smallest absolute Gasteiger partial charge is 0.182 e. The Kier molecular flexibility index (Phi) is 11.7. The van der Waals surface area contributed by atoms with Crippen molar-refractivity contribution in [1.82, 2.24) is 9.13 Å². The minimum absolute atomic E-state index is 0. The maximum atomic E-state index is 12.3. The molecule has 0 saturated carbocycles. The summed E-state index contributed by atoms with van der Waals surface area (Å²) in [5.41, 5.74) is 1.71. The number of hydrogen-bond acceptors (Lipinski definition) is 7. The lowest BCUT2D eigenvalue weighted by Gasteiger charge is -2.02. The van der Waals surface area contributed by atoms with E-state index in [0.29, 0.717) is 34.1 Å². The zero-order valence-corrected chi connectivity index (χ0v) is 25.5. The molecule has 2 heterocycles. The Hall–Kier alpha value is -1.84. The van der Waals surface area contributed by atoms with Gasteiger partial charge in [0.15, 0.2) is 9.84 Å². The number of rotatable bonds is 10. The SMILES string of the molecule is N#CCn1cc(S(=O)(=O)CCOP)c2cc(Cl)ccc21.N#CCn1cc(SCCOP)c2cc(Cl)ccc21.[3HH].[3HH]. The Bertz CT molecular complexity index is 1620. The number of sulfone groups is 1. The summed E-state index contributed by atoms with van der Waals surface area (Å²) >= 11 is 13.7. The fourth-order valence-electron chi connectivity index (χ4n) is 3.72. The number of nitrogens with zero attached hydrogens (tertiary/aromatic N) is 4. The highest BCUT2D eigenvalue weighted by molar-refractivity contribution is 7.99. The van der Waals surface area contributed by atoms with Crippen LogP contribution in [0.15, 0.2) is 58.6 Å². The van der Waals surface area contributed by atoms with Crippen molar-refractivity contribution in [2.45, 2.75) is 22.9 Å². The second kappa shape index (κ2) is 14.5. The first-order valence-electron chi connectivity index (χ1n) is 11.0. The van der Waals surface area contributed by atoms with Crippen molar-refractivity contribution in [1.29, 1.82) is 10.5 Å². The van der Waals surface area contributed by atoms with E-state index in [9.17, 15) is 8.42 Å². The van der Waals surface area contributed by atoms with E-state index in [-0.39, 0.29) is 26.7 Å². The average molecular weight is 638 g/mol. The summed E-state index contributed by atoms with van der Waals surface area (Å²) < 4.78 is 37.9. The Balaban J connectivity index is 0.000000383. The predicted octanol–water partition coefficient (Wildman–Crippen LogP) is 6.61. The first-order chi connectivity index (χ1) is 18.2. The van der Waals surface area contributed by atoms with E-state index < -0.39 is 9.84 Å². The number of halogens is 2. The van der Waals surface area contributed by atoms with Crippen molar-refractivity contribution in [3.63, 3.8) is 0 Å². The predicted molar refractivity (Wildman–Crippen MR) is 163 cm³/mol. The molecule has 0 spiro atoms. The molecule has 2 aromatic heterocycles. The minimum Gasteiger partial charge on any atom is -0.365 e. The summed E-state index contributed by atoms with van der Waals surface area (Å²) in [6, 6.07) is 14.9. The van der Waals surface area contributed by atoms with Crippen molar-refractivity contribution >= 4 is 85.5 Å². The van der Waals surface area contributed by atoms with Crippen molar-refractivity contribution in [3.8, 4) is 12.1 Å². The molecule has 2 unspecified atom stereocenters. The second-order valence-corrected chi connectivity index (χ2v) is 12.5. The molecular weight excluding hydrogens is 605 g/mol. The molecule has 2 aromatic carbocycles. The third-order valence-electron chi connectivity index (χ3n) is 5.36. The minimum atomic E-state index is -3.49. The van der Waals surface area contributed by atoms with Crippen LogP contribution in [0.3, 0.4) is 0 Å². The van der Waals surface area contributed by atoms with E-state index in [1.165, 1.54) is 6.20 Å². The first-order valence-corrected chi connectivity index (χ1v) is 15.4. The van der Waals surface area contributed by atoms with Gasteiger partial charge in [0.2, 0.25) is 0 Å². The maximum absolute atomic E-state index is 12.3. The summed E-state index contributed by atoms with van der Waals surface area (Å²) in [6.07, 6.45) is 3.47. The molecule has 14 heteroatoms. The van der Waals surface area contributed by atoms with E-state index >= 15 is 0 Å². The first kappa shape index (κ1) is 30.7. The number of aromatic nitrogens is 2. The lowest BCUT2D eigenvalue weighted by Crippen LogP contribution is -2.10. The van der Waals surface area contributed by atoms with E-state index in [2.05, 4.69) is 15.5 Å². The van der Waals surface area contributed by atoms with Gasteiger partial charge < -0.3 is 18.2 Å². The quantitative estimate of drug-likeness (QED) is 0.109. The van der Waals surface area contributed by atoms with Crippen LogP contribution >= 0.6 is 53.9 Å². The van der Waals surface area contributed by atoms with Crippen LogP contribution in [0.25, 0.3) is 21.8 Å². The fourth-order valence-corrected chi connectivity index (χ4v) is 6.88. The Morgan fingerprint density at radius 2 is 1.45 bits per heavy atom. The summed E-state index contributed by atoms with van der Waals surface area (Å²) in [5.74, 6) is 0.733. The number of benzene rings is 2. The average Bonchev–Trinajstić information content (AvgIpc) is 3.42. The van der Waals surface area contributed by atoms with Gasteiger partial charge in [-0.05, 0) is 36.4 Å². The van der Waals surface area contributed by atoms with E-state index in [0.717, 1.165) is 21.6 Å². The summed E-state index contributed by atoms with van der Waals surface area (Å²) in [5, 5.41) is 20.4. The third kappa shape index (κ3) is 7.63. The number of nitriles is 2. The van der Waals surface area contributed by atoms with Gasteiger partial charge >= 0.3 is 0 Å². The Labute approximate surface area is 243 Å². The molecular formula is C24H28Cl2N4O4P2S2. The van der Waals surface area contributed by atoms with Gasteiger partial charge in [0, 0.05) is 65.6 Å². The van der Waals surface area contributed by atoms with Crippen LogP contribution in [-0.4, -0.2) is 42.3 Å². The normalized spacial score (nSPS) is 11.2. The topological polar surface area (TPSA) is 110 Å². The van der Waals surface area contributed by atoms with Crippen LogP contribution in [0.5, 0.6) is 0 Å². The molecule has 0 radical (unpaired) electrons. The highest BCUT2D eigenvalue weighted by Gasteiger charge is 2.21. The van der Waals surface area contributed by atoms with E-state index in [4.69, 9.17) is 42.8 Å². The Morgan fingerprint density at radius 1 is 0.895 bits per heavy atom. The molecule has 38 heavy (non-hydrogen) atoms. The molecule has 0 N–H and O–H groups in total. The molecule has 8 nitrogen and oxygen atoms in total. The van der Waals surface area contributed by atoms with Crippen LogP contribution in [0.2, 0.25) is 10.0 Å². The lowest BCUT2D eigenvalue weighted by atomic mass is 10.2. The molecule has 0 bridgehead atoms. The van der Waals surface area contributed by atoms with Crippen LogP contribution < -0.4 is 0 Å². The zero-order valence-electron chi connectivity index (χ0n) is 20.0. The largest absolute Gasteiger partial charge is 0.365 e. The van der Waals surface area contributed by atoms with Gasteiger partial charge in [-0.2, -0.15) is 10.5 Å². The number of thioether (sulfide) groups is 1. The van der Waals surface area contributed by atoms with Crippen molar-refractivity contribution in [2.75, 3.05) is 24.7 Å². The van der Waals surface area contributed by atoms with Gasteiger partial charge in [0.25, 0.3) is 0 Å². The maximum Gasteiger partial charge on any atom is 0.182 e. The van der Waals surface area contributed by atoms with Gasteiger partial charge in [-0.3, -0.25) is 0 Å². The molecule has 0 aliphatic heterocycles. The fraction of sp³-hybridized carbons (Fsp3) is 0.250. The Morgan fingerprint density at radius 3 is 2.03 bits per heavy atom. The summed E-state index contributed by atoms with van der Waals surface area (Å²) in [6.45, 7) is 1.17. The van der Waals surface area contributed by atoms with Crippen molar-refractivity contribution in [3.05, 3.63) is 58.8 Å². The monoisotopic (exact) mass is 636 g/mol. The highest BCUT2D eigenvalue weighted by atomic mass is 35.5. The zero-order chi connectivity index (χ0) is 27.7. The number of fused-ring (bicyclic) bond motifs is 2. The highest BCUT2D eigenvalue weighted by Crippen LogP contribution is 2.32. The third-order valence-corrected chi connectivity index (χ3v) is 9.01. The molecule has 0 amide bonds. The van der Waals surface area contributed by atoms with E-state index in [1.54, 1.807) is 34.5 Å². The van der Waals surface area contributed by atoms with Crippen LogP contribution in [0.1, 0.15) is 2.85 Å². The van der Waals surface area contributed by atoms with Gasteiger partial charge in [-0.15, -0.1) is 11.8 Å². The van der Waals surface area contributed by atoms with Gasteiger partial charge in [-0.25, -0.2) is 8.42 Å². The summed E-state index contributed by atoms with van der Waals surface area (Å²) in [7, 11) is 0.772. The molecule has 4 aromatic rings. The van der Waals surface area contributed by atoms with Gasteiger partial charge in [0.05, 0.1) is 47.0 Å². The summed E-state index contributed by atoms with van der Waals surface area (Å²) in [4.78, 5) is 1.30. The van der Waals surface area contributed by atoms with Crippen LogP contribution in [0, 0.1) is 22.7 Å². The molecule has 0 aliphatic rings. The van der Waals surface area contributed by atoms with Gasteiger partial charge in [-0.1, -0.05) is 23.2 Å². The standard InChI is InChI=1S/C12H12ClN2O3PS.C12H12ClN2OPS.2H2/c13-9-1-2-11-10(7-9)12(8-15(11)4-3-14)20(16,17)6-5-18-19;13-9-1-2-11-10(7-9)12(18-6-5-16-17)8-15(11)4-3-14;;/h1-2,7-8H,4-6,19H2;1-2,7-8H,4-6,17H2;2*1H/i;;2*1+2. The van der Waals surface area contributed by atoms with Crippen molar-refractivity contribution in [2.24, 2.45) is 0 Å². The molecule has 204 valence electrons. The second-order valence-electron chi connectivity index (χ2n) is 7.79. The van der Waals surface area contributed by atoms with Crippen LogP contribution in [0.4, 0.5) is 0 Å². The van der Waals surface area contributed by atoms with E-state index in [1.807, 2.05) is 44.5 Å². The lowest BCUT2D eigenvalue weighted by molar-refractivity contribution is 0.399. The molecule has 0 aliphatic carbocycles. The molecule has 0 saturated heterocycles. The van der Waals surface area contributed by atoms with Gasteiger partial charge in [0.1, 0.15) is 13.1 Å². The molecule has 4 rings (SSSR count). The number of hydrogen-bond donors (Lipinski definition) is 0. The van der Waals surface area contributed by atoms with Crippen molar-refractivity contribution < 1.29 is 20.3 Å². The molecule has 2 atom stereocenters. The van der Waals surface area contributed by atoms with Crippen LogP contribution in [-0.2, 0) is 32.0 Å². The molecule has 0 fully saturated rings.